The van der Waals surface area contributed by atoms with E-state index >= 15 is 0 Å². The molecule has 0 radical (unpaired) electrons. The maximum atomic E-state index is 12.8. The molecule has 0 spiro atoms. The number of hydrogen-bond donors (Lipinski definition) is 0. The first-order valence-corrected chi connectivity index (χ1v) is 12.2. The van der Waals surface area contributed by atoms with Gasteiger partial charge in [-0.1, -0.05) is 42.4 Å². The summed E-state index contributed by atoms with van der Waals surface area (Å²) in [5.74, 6) is 1.12. The fraction of sp³-hybridized carbons (Fsp3) is 0.478. The third-order valence-corrected chi connectivity index (χ3v) is 7.14. The molecule has 31 heavy (non-hydrogen) atoms. The highest BCUT2D eigenvalue weighted by atomic mass is 35.5. The molecule has 3 aromatic rings. The Balaban J connectivity index is 1.50. The number of rotatable bonds is 6. The Labute approximate surface area is 192 Å². The van der Waals surface area contributed by atoms with E-state index in [4.69, 9.17) is 11.6 Å². The molecule has 1 saturated heterocycles. The average molecular weight is 458 g/mol. The van der Waals surface area contributed by atoms with Crippen molar-refractivity contribution in [3.8, 4) is 0 Å². The molecule has 1 fully saturated rings. The molecule has 3 heterocycles. The number of fused-ring (bicyclic) bond motifs is 1. The summed E-state index contributed by atoms with van der Waals surface area (Å²) < 4.78 is 1.79. The number of nitrogens with zero attached hydrogens (tertiary/aromatic N) is 5. The predicted octanol–water partition coefficient (Wildman–Crippen LogP) is 4.87. The van der Waals surface area contributed by atoms with E-state index in [2.05, 4.69) is 22.0 Å². The third kappa shape index (κ3) is 4.88. The van der Waals surface area contributed by atoms with Crippen LogP contribution >= 0.6 is 23.4 Å². The number of benzene rings is 1. The second kappa shape index (κ2) is 9.57. The molecule has 1 aliphatic rings. The van der Waals surface area contributed by atoms with Gasteiger partial charge in [-0.05, 0) is 62.8 Å². The van der Waals surface area contributed by atoms with Gasteiger partial charge < -0.3 is 4.90 Å². The van der Waals surface area contributed by atoms with Crippen molar-refractivity contribution in [3.63, 3.8) is 0 Å². The Morgan fingerprint density at radius 1 is 1.19 bits per heavy atom. The first kappa shape index (κ1) is 22.1. The van der Waals surface area contributed by atoms with Crippen molar-refractivity contribution < 1.29 is 4.79 Å². The molecule has 1 aromatic carbocycles. The summed E-state index contributed by atoms with van der Waals surface area (Å²) in [5, 5.41) is 5.96. The number of carbonyl (C=O) groups excluding carboxylic acids is 1. The summed E-state index contributed by atoms with van der Waals surface area (Å²) in [6, 6.07) is 8.24. The first-order valence-electron chi connectivity index (χ1n) is 10.9. The van der Waals surface area contributed by atoms with Gasteiger partial charge in [-0.25, -0.2) is 9.50 Å². The minimum atomic E-state index is 0.180. The topological polar surface area (TPSA) is 63.4 Å². The fourth-order valence-corrected chi connectivity index (χ4v) is 5.11. The summed E-state index contributed by atoms with van der Waals surface area (Å²) in [6.07, 6.45) is 5.19. The molecule has 8 heteroatoms. The van der Waals surface area contributed by atoms with Crippen molar-refractivity contribution in [1.29, 1.82) is 0 Å². The van der Waals surface area contributed by atoms with Gasteiger partial charge >= 0.3 is 0 Å². The SMILES string of the molecule is CCC1CCCCN1C(=O)CSc1nc2nc(C)c(Cc3ccc(Cl)cc3)c(C)n2n1. The monoisotopic (exact) mass is 457 g/mol. The Morgan fingerprint density at radius 2 is 1.97 bits per heavy atom. The molecule has 2 aromatic heterocycles. The Bertz CT molecular complexity index is 1080. The summed E-state index contributed by atoms with van der Waals surface area (Å²) >= 11 is 7.41. The molecular weight excluding hydrogens is 430 g/mol. The molecule has 1 unspecified atom stereocenters. The highest BCUT2D eigenvalue weighted by Crippen LogP contribution is 2.24. The highest BCUT2D eigenvalue weighted by molar-refractivity contribution is 7.99. The van der Waals surface area contributed by atoms with Gasteiger partial charge in [0.1, 0.15) is 0 Å². The van der Waals surface area contributed by atoms with Gasteiger partial charge in [-0.2, -0.15) is 4.98 Å². The lowest BCUT2D eigenvalue weighted by molar-refractivity contribution is -0.132. The van der Waals surface area contributed by atoms with Gasteiger partial charge in [-0.15, -0.1) is 5.10 Å². The molecule has 0 aliphatic carbocycles. The van der Waals surface area contributed by atoms with Crippen LogP contribution in [0.1, 0.15) is 55.1 Å². The van der Waals surface area contributed by atoms with Crippen molar-refractivity contribution >= 4 is 35.0 Å². The molecular formula is C23H28ClN5OS. The molecule has 6 nitrogen and oxygen atoms in total. The normalized spacial score (nSPS) is 16.8. The van der Waals surface area contributed by atoms with Gasteiger partial charge in [0.2, 0.25) is 11.1 Å². The van der Waals surface area contributed by atoms with Gasteiger partial charge in [0.05, 0.1) is 5.75 Å². The minimum absolute atomic E-state index is 0.180. The lowest BCUT2D eigenvalue weighted by atomic mass is 10.0. The molecule has 0 saturated carbocycles. The zero-order chi connectivity index (χ0) is 22.0. The van der Waals surface area contributed by atoms with E-state index in [1.165, 1.54) is 23.7 Å². The number of piperidine rings is 1. The number of thioether (sulfide) groups is 1. The van der Waals surface area contributed by atoms with E-state index < -0.39 is 0 Å². The molecule has 0 bridgehead atoms. The van der Waals surface area contributed by atoms with Gasteiger partial charge in [0.25, 0.3) is 5.78 Å². The van der Waals surface area contributed by atoms with E-state index in [1.807, 2.05) is 43.0 Å². The second-order valence-corrected chi connectivity index (χ2v) is 9.48. The van der Waals surface area contributed by atoms with E-state index in [1.54, 1.807) is 4.52 Å². The number of halogens is 1. The van der Waals surface area contributed by atoms with Crippen LogP contribution in [0.25, 0.3) is 5.78 Å². The summed E-state index contributed by atoms with van der Waals surface area (Å²) in [4.78, 5) is 24.1. The summed E-state index contributed by atoms with van der Waals surface area (Å²) in [6.45, 7) is 7.07. The van der Waals surface area contributed by atoms with Crippen LogP contribution in [0.2, 0.25) is 5.02 Å². The fourth-order valence-electron chi connectivity index (χ4n) is 4.28. The summed E-state index contributed by atoms with van der Waals surface area (Å²) in [5.41, 5.74) is 4.26. The standard InChI is InChI=1S/C23H28ClN5OS/c1-4-19-7-5-6-12-28(19)21(30)14-31-23-26-22-25-15(2)20(16(3)29(22)27-23)13-17-8-10-18(24)11-9-17/h8-11,19H,4-7,12-14H2,1-3H3. The van der Waals surface area contributed by atoms with E-state index in [-0.39, 0.29) is 5.91 Å². The zero-order valence-corrected chi connectivity index (χ0v) is 19.8. The van der Waals surface area contributed by atoms with E-state index in [0.717, 1.165) is 54.2 Å². The second-order valence-electron chi connectivity index (χ2n) is 8.10. The number of aryl methyl sites for hydroxylation is 2. The van der Waals surface area contributed by atoms with Crippen LogP contribution in [0.5, 0.6) is 0 Å². The number of carbonyl (C=O) groups is 1. The number of aromatic nitrogens is 4. The molecule has 1 amide bonds. The largest absolute Gasteiger partial charge is 0.339 e. The van der Waals surface area contributed by atoms with Crippen molar-refractivity contribution in [2.75, 3.05) is 12.3 Å². The van der Waals surface area contributed by atoms with Crippen molar-refractivity contribution in [2.45, 2.75) is 64.1 Å². The third-order valence-electron chi connectivity index (χ3n) is 6.07. The van der Waals surface area contributed by atoms with E-state index in [9.17, 15) is 4.79 Å². The Hall–Kier alpha value is -2.12. The van der Waals surface area contributed by atoms with Crippen LogP contribution in [0.4, 0.5) is 0 Å². The summed E-state index contributed by atoms with van der Waals surface area (Å²) in [7, 11) is 0. The molecule has 1 aliphatic heterocycles. The van der Waals surface area contributed by atoms with Crippen LogP contribution in [0.15, 0.2) is 29.4 Å². The number of likely N-dealkylation sites (tertiary alicyclic amines) is 1. The molecule has 1 atom stereocenters. The van der Waals surface area contributed by atoms with Crippen molar-refractivity contribution in [2.24, 2.45) is 0 Å². The molecule has 4 rings (SSSR count). The maximum absolute atomic E-state index is 12.8. The van der Waals surface area contributed by atoms with Crippen molar-refractivity contribution in [1.82, 2.24) is 24.5 Å². The van der Waals surface area contributed by atoms with Crippen LogP contribution in [0.3, 0.4) is 0 Å². The van der Waals surface area contributed by atoms with Gasteiger partial charge in [-0.3, -0.25) is 4.79 Å². The predicted molar refractivity (Wildman–Crippen MR) is 125 cm³/mol. The van der Waals surface area contributed by atoms with Crippen molar-refractivity contribution in [3.05, 3.63) is 51.8 Å². The Morgan fingerprint density at radius 3 is 2.71 bits per heavy atom. The van der Waals surface area contributed by atoms with Crippen LogP contribution < -0.4 is 0 Å². The minimum Gasteiger partial charge on any atom is -0.339 e. The first-order chi connectivity index (χ1) is 15.0. The van der Waals surface area contributed by atoms with Gasteiger partial charge in [0, 0.05) is 35.4 Å². The highest BCUT2D eigenvalue weighted by Gasteiger charge is 2.25. The van der Waals surface area contributed by atoms with Gasteiger partial charge in [0.15, 0.2) is 0 Å². The molecule has 0 N–H and O–H groups in total. The zero-order valence-electron chi connectivity index (χ0n) is 18.3. The lowest BCUT2D eigenvalue weighted by Crippen LogP contribution is -2.44. The number of hydrogen-bond acceptors (Lipinski definition) is 5. The Kier molecular flexibility index (Phi) is 6.82. The molecule has 164 valence electrons. The smallest absolute Gasteiger partial charge is 0.253 e. The van der Waals surface area contributed by atoms with Crippen LogP contribution in [-0.4, -0.2) is 48.7 Å². The maximum Gasteiger partial charge on any atom is 0.253 e. The lowest BCUT2D eigenvalue weighted by Gasteiger charge is -2.35. The number of amides is 1. The average Bonchev–Trinajstić information content (AvgIpc) is 3.19. The van der Waals surface area contributed by atoms with E-state index in [0.29, 0.717) is 22.7 Å². The van der Waals surface area contributed by atoms with Crippen LogP contribution in [0, 0.1) is 13.8 Å². The quantitative estimate of drug-likeness (QED) is 0.494. The van der Waals surface area contributed by atoms with Crippen LogP contribution in [-0.2, 0) is 11.2 Å².